The van der Waals surface area contributed by atoms with Crippen molar-refractivity contribution in [3.63, 3.8) is 0 Å². The van der Waals surface area contributed by atoms with Crippen molar-refractivity contribution >= 4 is 65.7 Å². The minimum atomic E-state index is -1.45. The van der Waals surface area contributed by atoms with Crippen LogP contribution >= 0.6 is 0 Å². The first kappa shape index (κ1) is 38.6. The summed E-state index contributed by atoms with van der Waals surface area (Å²) in [7, 11) is 0. The summed E-state index contributed by atoms with van der Waals surface area (Å²) in [6.07, 6.45) is 1.22. The van der Waals surface area contributed by atoms with Gasteiger partial charge in [0.15, 0.2) is 0 Å². The number of benzene rings is 2. The van der Waals surface area contributed by atoms with E-state index in [1.54, 1.807) is 48.5 Å². The molecule has 8 N–H and O–H groups in total. The van der Waals surface area contributed by atoms with E-state index in [-0.39, 0.29) is 12.8 Å². The predicted molar refractivity (Wildman–Crippen MR) is 178 cm³/mol. The van der Waals surface area contributed by atoms with Gasteiger partial charge in [-0.2, -0.15) is 0 Å². The zero-order chi connectivity index (χ0) is 33.9. The van der Waals surface area contributed by atoms with Gasteiger partial charge >= 0.3 is 284 Å². The Morgan fingerprint density at radius 3 is 1.59 bits per heavy atom. The molecule has 0 aliphatic rings. The molecular formula is C32H44N6O6Se2. The molecule has 5 atom stereocenters. The van der Waals surface area contributed by atoms with E-state index in [9.17, 15) is 28.8 Å². The number of carbonyl (C=O) groups excluding carboxylic acids is 6. The first-order chi connectivity index (χ1) is 22.1. The van der Waals surface area contributed by atoms with E-state index in [2.05, 4.69) is 21.3 Å². The van der Waals surface area contributed by atoms with Gasteiger partial charge in [-0.25, -0.2) is 0 Å². The summed E-state index contributed by atoms with van der Waals surface area (Å²) < 4.78 is 0. The first-order valence-corrected chi connectivity index (χ1v) is 20.7. The van der Waals surface area contributed by atoms with Crippen molar-refractivity contribution in [2.45, 2.75) is 84.6 Å². The van der Waals surface area contributed by atoms with E-state index < -0.39 is 66.2 Å². The summed E-state index contributed by atoms with van der Waals surface area (Å²) in [5.41, 5.74) is 13.0. The number of amides is 5. The Bertz CT molecular complexity index is 1290. The molecule has 0 spiro atoms. The topological polar surface area (TPSA) is 203 Å². The summed E-state index contributed by atoms with van der Waals surface area (Å²) >= 11 is 0.636. The molecule has 0 saturated heterocycles. The van der Waals surface area contributed by atoms with Crippen molar-refractivity contribution in [1.82, 2.24) is 21.3 Å². The first-order valence-electron chi connectivity index (χ1n) is 14.8. The maximum atomic E-state index is 13.6. The molecule has 0 bridgehead atoms. The van der Waals surface area contributed by atoms with Crippen molar-refractivity contribution in [3.05, 3.63) is 71.8 Å². The normalized spacial score (nSPS) is 14.1. The van der Waals surface area contributed by atoms with Gasteiger partial charge in [-0.1, -0.05) is 0 Å². The number of aldehydes is 1. The van der Waals surface area contributed by atoms with Gasteiger partial charge in [0.05, 0.1) is 0 Å². The third-order valence-electron chi connectivity index (χ3n) is 6.96. The van der Waals surface area contributed by atoms with E-state index in [4.69, 9.17) is 11.5 Å². The van der Waals surface area contributed by atoms with Gasteiger partial charge < -0.3 is 0 Å². The predicted octanol–water partition coefficient (Wildman–Crippen LogP) is -0.0660. The van der Waals surface area contributed by atoms with Crippen LogP contribution in [0, 0.1) is 0 Å². The summed E-state index contributed by atoms with van der Waals surface area (Å²) in [6.45, 7) is 0. The SMILES string of the molecule is C[Se]CC[C@@H](C=O)NC(=O)[C@H](Cc1ccccc1)NC(=O)[C@H](CC(N)=O)NC(=O)[C@H](Cc1ccccc1)NC(=O)[C@@H](N)CC[Se]C. The van der Waals surface area contributed by atoms with Crippen molar-refractivity contribution in [2.24, 2.45) is 11.5 Å². The average Bonchev–Trinajstić information content (AvgIpc) is 3.05. The summed E-state index contributed by atoms with van der Waals surface area (Å²) in [4.78, 5) is 77.1. The number of nitrogens with one attached hydrogen (secondary N) is 4. The molecule has 46 heavy (non-hydrogen) atoms. The number of nitrogens with two attached hydrogens (primary N) is 2. The van der Waals surface area contributed by atoms with Crippen LogP contribution in [-0.2, 0) is 41.6 Å². The maximum absolute atomic E-state index is 13.6. The molecule has 2 aromatic carbocycles. The second-order valence-electron chi connectivity index (χ2n) is 10.7. The van der Waals surface area contributed by atoms with Gasteiger partial charge in [-0.05, 0) is 0 Å². The Kier molecular flexibility index (Phi) is 17.9. The summed E-state index contributed by atoms with van der Waals surface area (Å²) in [5.74, 6) is 0.559. The molecule has 0 heterocycles. The average molecular weight is 767 g/mol. The molecule has 250 valence electrons. The third-order valence-corrected chi connectivity index (χ3v) is 9.67. The van der Waals surface area contributed by atoms with E-state index in [1.165, 1.54) is 0 Å². The molecule has 0 saturated carbocycles. The molecule has 0 unspecified atom stereocenters. The second kappa shape index (κ2) is 21.3. The molecule has 0 aliphatic heterocycles. The number of hydrogen-bond acceptors (Lipinski definition) is 7. The fourth-order valence-corrected chi connectivity index (χ4v) is 6.48. The van der Waals surface area contributed by atoms with Gasteiger partial charge in [0, 0.05) is 0 Å². The van der Waals surface area contributed by atoms with Gasteiger partial charge in [0.1, 0.15) is 0 Å². The van der Waals surface area contributed by atoms with Crippen LogP contribution in [0.3, 0.4) is 0 Å². The van der Waals surface area contributed by atoms with Gasteiger partial charge in [-0.15, -0.1) is 0 Å². The molecule has 5 amide bonds. The Morgan fingerprint density at radius 2 is 1.11 bits per heavy atom. The number of hydrogen-bond donors (Lipinski definition) is 6. The Labute approximate surface area is 282 Å². The van der Waals surface area contributed by atoms with Crippen LogP contribution in [0.5, 0.6) is 0 Å². The number of rotatable bonds is 21. The quantitative estimate of drug-likeness (QED) is 0.0755. The van der Waals surface area contributed by atoms with Gasteiger partial charge in [0.25, 0.3) is 0 Å². The monoisotopic (exact) mass is 768 g/mol. The van der Waals surface area contributed by atoms with Crippen LogP contribution < -0.4 is 32.7 Å². The van der Waals surface area contributed by atoms with Crippen LogP contribution in [0.4, 0.5) is 0 Å². The van der Waals surface area contributed by atoms with Crippen molar-refractivity contribution in [1.29, 1.82) is 0 Å². The summed E-state index contributed by atoms with van der Waals surface area (Å²) in [5, 5.41) is 12.2. The molecule has 14 heteroatoms. The summed E-state index contributed by atoms with van der Waals surface area (Å²) in [6, 6.07) is 12.7. The van der Waals surface area contributed by atoms with Crippen molar-refractivity contribution < 1.29 is 28.8 Å². The fraction of sp³-hybridized carbons (Fsp3) is 0.438. The van der Waals surface area contributed by atoms with Crippen LogP contribution in [0.15, 0.2) is 60.7 Å². The Hall–Kier alpha value is -3.54. The minimum absolute atomic E-state index is 0.0859. The third kappa shape index (κ3) is 14.3. The molecule has 0 radical (unpaired) electrons. The van der Waals surface area contributed by atoms with Gasteiger partial charge in [-0.3, -0.25) is 0 Å². The van der Waals surface area contributed by atoms with Crippen LogP contribution in [0.25, 0.3) is 0 Å². The zero-order valence-corrected chi connectivity index (χ0v) is 29.5. The van der Waals surface area contributed by atoms with Crippen LogP contribution in [-0.4, -0.2) is 95.9 Å². The second-order valence-corrected chi connectivity index (χ2v) is 14.8. The van der Waals surface area contributed by atoms with Gasteiger partial charge in [0.2, 0.25) is 0 Å². The zero-order valence-electron chi connectivity index (χ0n) is 26.1. The van der Waals surface area contributed by atoms with E-state index >= 15 is 0 Å². The van der Waals surface area contributed by atoms with Crippen molar-refractivity contribution in [2.75, 3.05) is 0 Å². The molecule has 12 nitrogen and oxygen atoms in total. The molecule has 0 fully saturated rings. The molecule has 2 aromatic rings. The van der Waals surface area contributed by atoms with Crippen LogP contribution in [0.2, 0.25) is 22.3 Å². The van der Waals surface area contributed by atoms with E-state index in [0.717, 1.165) is 21.8 Å². The Morgan fingerprint density at radius 1 is 0.674 bits per heavy atom. The molecule has 2 rings (SSSR count). The number of primary amides is 1. The van der Waals surface area contributed by atoms with Crippen LogP contribution in [0.1, 0.15) is 30.4 Å². The standard InChI is InChI=1S/C32H44N6O6Se2/c1-45-15-13-23(20-39)35-30(42)25(17-21-9-5-3-6-10-21)37-32(44)27(19-28(34)40)38-31(43)26(18-22-11-7-4-8-12-22)36-29(41)24(33)14-16-46-2/h3-12,20,23-27H,13-19,33H2,1-2H3,(H2,34,40)(H,35,42)(H,36,41)(H,37,44)(H,38,43)/t23-,24-,25-,26-,27-/m0/s1. The fourth-order valence-electron chi connectivity index (χ4n) is 4.43. The van der Waals surface area contributed by atoms with E-state index in [1.807, 2.05) is 23.8 Å². The van der Waals surface area contributed by atoms with E-state index in [0.29, 0.717) is 49.0 Å². The van der Waals surface area contributed by atoms with Crippen molar-refractivity contribution in [3.8, 4) is 0 Å². The Balaban J connectivity index is 2.29. The molecule has 0 aromatic heterocycles. The molecule has 0 aliphatic carbocycles. The number of carbonyl (C=O) groups is 6. The molecular weight excluding hydrogens is 722 g/mol.